The van der Waals surface area contributed by atoms with Gasteiger partial charge in [-0.3, -0.25) is 4.79 Å². The van der Waals surface area contributed by atoms with Gasteiger partial charge in [-0.05, 0) is 93.5 Å². The van der Waals surface area contributed by atoms with E-state index in [2.05, 4.69) is 40.0 Å². The van der Waals surface area contributed by atoms with E-state index in [0.717, 1.165) is 56.7 Å². The molecule has 0 N–H and O–H groups in total. The molecule has 2 rings (SSSR count). The summed E-state index contributed by atoms with van der Waals surface area (Å²) in [5.74, 6) is 0.418. The minimum Gasteiger partial charge on any atom is -0.493 e. The van der Waals surface area contributed by atoms with E-state index in [0.29, 0.717) is 18.6 Å². The molecule has 3 nitrogen and oxygen atoms in total. The Morgan fingerprint density at radius 2 is 1.91 bits per heavy atom. The van der Waals surface area contributed by atoms with Gasteiger partial charge in [0.1, 0.15) is 5.76 Å². The SMILES string of the molecule is C=CC/C(C)=C(/C(C)=O)[C@H](C1=C(C)C(C)=CC(=C)C=C1OCCC)c1ccc(C#N)cc1C. The van der Waals surface area contributed by atoms with Gasteiger partial charge in [0.05, 0.1) is 18.2 Å². The van der Waals surface area contributed by atoms with Crippen molar-refractivity contribution in [2.24, 2.45) is 0 Å². The summed E-state index contributed by atoms with van der Waals surface area (Å²) in [4.78, 5) is 13.2. The van der Waals surface area contributed by atoms with Gasteiger partial charge in [-0.1, -0.05) is 37.3 Å². The van der Waals surface area contributed by atoms with Crippen LogP contribution in [0.1, 0.15) is 70.1 Å². The molecule has 0 saturated heterocycles. The molecule has 0 bridgehead atoms. The molecule has 0 heterocycles. The molecule has 0 fully saturated rings. The number of ether oxygens (including phenoxy) is 1. The lowest BCUT2D eigenvalue weighted by molar-refractivity contribution is -0.113. The van der Waals surface area contributed by atoms with Gasteiger partial charge in [0.2, 0.25) is 0 Å². The molecule has 0 aromatic heterocycles. The highest BCUT2D eigenvalue weighted by Crippen LogP contribution is 2.44. The van der Waals surface area contributed by atoms with Gasteiger partial charge in [-0.2, -0.15) is 5.26 Å². The first kappa shape index (κ1) is 25.9. The van der Waals surface area contributed by atoms with Crippen LogP contribution in [-0.4, -0.2) is 12.4 Å². The topological polar surface area (TPSA) is 50.1 Å². The first-order valence-corrected chi connectivity index (χ1v) is 11.4. The molecule has 0 unspecified atom stereocenters. The van der Waals surface area contributed by atoms with Crippen LogP contribution in [0.4, 0.5) is 0 Å². The molecular formula is C30H35NO2. The number of ketones is 1. The van der Waals surface area contributed by atoms with E-state index in [9.17, 15) is 10.1 Å². The number of aryl methyl sites for hydroxylation is 1. The Balaban J connectivity index is 2.99. The van der Waals surface area contributed by atoms with Crippen LogP contribution in [0, 0.1) is 18.3 Å². The number of hydrogen-bond acceptors (Lipinski definition) is 3. The van der Waals surface area contributed by atoms with Crippen LogP contribution in [0.3, 0.4) is 0 Å². The number of allylic oxidation sites excluding steroid dienone is 9. The van der Waals surface area contributed by atoms with Crippen molar-refractivity contribution < 1.29 is 9.53 Å². The number of benzene rings is 1. The van der Waals surface area contributed by atoms with Gasteiger partial charge in [-0.15, -0.1) is 6.58 Å². The summed E-state index contributed by atoms with van der Waals surface area (Å²) in [6.07, 6.45) is 7.33. The van der Waals surface area contributed by atoms with Crippen LogP contribution in [-0.2, 0) is 9.53 Å². The van der Waals surface area contributed by atoms with Gasteiger partial charge in [0.25, 0.3) is 0 Å². The molecule has 1 aliphatic carbocycles. The summed E-state index contributed by atoms with van der Waals surface area (Å²) in [5, 5.41) is 9.40. The number of hydrogen-bond donors (Lipinski definition) is 0. The third-order valence-electron chi connectivity index (χ3n) is 6.02. The van der Waals surface area contributed by atoms with Crippen molar-refractivity contribution in [2.45, 2.75) is 60.3 Å². The summed E-state index contributed by atoms with van der Waals surface area (Å²) in [7, 11) is 0. The highest BCUT2D eigenvalue weighted by molar-refractivity contribution is 5.97. The average Bonchev–Trinajstić information content (AvgIpc) is 2.86. The second-order valence-corrected chi connectivity index (χ2v) is 8.66. The fraction of sp³-hybridized carbons (Fsp3) is 0.333. The van der Waals surface area contributed by atoms with Crippen molar-refractivity contribution in [3.63, 3.8) is 0 Å². The molecule has 172 valence electrons. The lowest BCUT2D eigenvalue weighted by Crippen LogP contribution is -2.19. The third-order valence-corrected chi connectivity index (χ3v) is 6.02. The Hall–Kier alpha value is -3.38. The van der Waals surface area contributed by atoms with Crippen molar-refractivity contribution >= 4 is 5.78 Å². The van der Waals surface area contributed by atoms with Crippen LogP contribution in [0.25, 0.3) is 0 Å². The Morgan fingerprint density at radius 1 is 1.21 bits per heavy atom. The zero-order valence-corrected chi connectivity index (χ0v) is 20.8. The zero-order chi connectivity index (χ0) is 24.7. The predicted molar refractivity (Wildman–Crippen MR) is 137 cm³/mol. The molecule has 1 aliphatic rings. The normalized spacial score (nSPS) is 15.6. The Bertz CT molecular complexity index is 1130. The lowest BCUT2D eigenvalue weighted by atomic mass is 9.75. The monoisotopic (exact) mass is 441 g/mol. The number of rotatable bonds is 9. The number of Topliss-reactive ketones (excluding diaryl/α,β-unsaturated/α-hetero) is 1. The van der Waals surface area contributed by atoms with E-state index < -0.39 is 0 Å². The Labute approximate surface area is 199 Å². The minimum absolute atomic E-state index is 0.0166. The van der Waals surface area contributed by atoms with Gasteiger partial charge in [-0.25, -0.2) is 0 Å². The maximum atomic E-state index is 13.2. The lowest BCUT2D eigenvalue weighted by Gasteiger charge is -2.29. The first-order chi connectivity index (χ1) is 15.7. The van der Waals surface area contributed by atoms with E-state index in [1.165, 1.54) is 0 Å². The van der Waals surface area contributed by atoms with Crippen molar-refractivity contribution in [3.8, 4) is 6.07 Å². The number of nitriles is 1. The second kappa shape index (κ2) is 11.5. The van der Waals surface area contributed by atoms with Crippen molar-refractivity contribution in [1.29, 1.82) is 5.26 Å². The Kier molecular flexibility index (Phi) is 9.00. The van der Waals surface area contributed by atoms with Crippen LogP contribution in [0.2, 0.25) is 0 Å². The molecular weight excluding hydrogens is 406 g/mol. The zero-order valence-electron chi connectivity index (χ0n) is 20.8. The minimum atomic E-state index is -0.340. The van der Waals surface area contributed by atoms with Crippen LogP contribution in [0.5, 0.6) is 0 Å². The number of carbonyl (C=O) groups excluding carboxylic acids is 1. The van der Waals surface area contributed by atoms with Crippen LogP contribution in [0.15, 0.2) is 88.8 Å². The summed E-state index contributed by atoms with van der Waals surface area (Å²) in [5.41, 5.74) is 8.25. The molecule has 0 spiro atoms. The van der Waals surface area contributed by atoms with Crippen molar-refractivity contribution in [1.82, 2.24) is 0 Å². The Morgan fingerprint density at radius 3 is 2.45 bits per heavy atom. The maximum Gasteiger partial charge on any atom is 0.156 e. The predicted octanol–water partition coefficient (Wildman–Crippen LogP) is 7.58. The first-order valence-electron chi connectivity index (χ1n) is 11.4. The summed E-state index contributed by atoms with van der Waals surface area (Å²) in [6.45, 7) is 20.5. The van der Waals surface area contributed by atoms with E-state index in [4.69, 9.17) is 4.74 Å². The van der Waals surface area contributed by atoms with E-state index in [1.807, 2.05) is 50.3 Å². The molecule has 0 radical (unpaired) electrons. The number of carbonyl (C=O) groups is 1. The van der Waals surface area contributed by atoms with Gasteiger partial charge < -0.3 is 4.74 Å². The van der Waals surface area contributed by atoms with E-state index in [-0.39, 0.29) is 11.7 Å². The van der Waals surface area contributed by atoms with E-state index in [1.54, 1.807) is 6.92 Å². The van der Waals surface area contributed by atoms with Gasteiger partial charge in [0, 0.05) is 17.1 Å². The number of nitrogens with zero attached hydrogens (tertiary/aromatic N) is 1. The molecule has 3 heteroatoms. The van der Waals surface area contributed by atoms with Crippen LogP contribution < -0.4 is 0 Å². The molecule has 1 atom stereocenters. The summed E-state index contributed by atoms with van der Waals surface area (Å²) < 4.78 is 6.27. The standard InChI is InChI=1S/C30H35NO2/c1-9-11-20(4)28(24(8)32)30(26-13-12-25(18-31)17-22(26)6)29-23(7)21(5)15-19(3)16-27(29)33-14-10-2/h9,12-13,15-17,30H,1,3,10-11,14H2,2,4-8H3/b28-20-/t30-/m1/s1. The third kappa shape index (κ3) is 5.90. The van der Waals surface area contributed by atoms with Gasteiger partial charge in [0.15, 0.2) is 5.78 Å². The molecule has 0 saturated carbocycles. The summed E-state index contributed by atoms with van der Waals surface area (Å²) >= 11 is 0. The highest BCUT2D eigenvalue weighted by Gasteiger charge is 2.32. The smallest absolute Gasteiger partial charge is 0.156 e. The molecule has 1 aromatic rings. The fourth-order valence-corrected chi connectivity index (χ4v) is 4.36. The van der Waals surface area contributed by atoms with E-state index >= 15 is 0 Å². The highest BCUT2D eigenvalue weighted by atomic mass is 16.5. The average molecular weight is 442 g/mol. The van der Waals surface area contributed by atoms with Gasteiger partial charge >= 0.3 is 0 Å². The quantitative estimate of drug-likeness (QED) is 0.293. The fourth-order valence-electron chi connectivity index (χ4n) is 4.36. The largest absolute Gasteiger partial charge is 0.493 e. The van der Waals surface area contributed by atoms with Crippen molar-refractivity contribution in [2.75, 3.05) is 6.61 Å². The molecule has 33 heavy (non-hydrogen) atoms. The molecule has 0 amide bonds. The molecule has 1 aromatic carbocycles. The molecule has 0 aliphatic heterocycles. The van der Waals surface area contributed by atoms with Crippen molar-refractivity contribution in [3.05, 3.63) is 105 Å². The second-order valence-electron chi connectivity index (χ2n) is 8.66. The summed E-state index contributed by atoms with van der Waals surface area (Å²) in [6, 6.07) is 7.89. The maximum absolute atomic E-state index is 13.2. The van der Waals surface area contributed by atoms with Crippen LogP contribution >= 0.6 is 0 Å².